The van der Waals surface area contributed by atoms with Gasteiger partial charge in [0, 0.05) is 23.2 Å². The number of nitrogens with one attached hydrogen (secondary N) is 1. The average molecular weight is 408 g/mol. The molecule has 1 N–H and O–H groups in total. The molecule has 0 bridgehead atoms. The fraction of sp³-hybridized carbons (Fsp3) is 0.353. The molecule has 1 fully saturated rings. The fourth-order valence-corrected chi connectivity index (χ4v) is 3.30. The number of hydrogen-bond acceptors (Lipinski definition) is 5. The van der Waals surface area contributed by atoms with Crippen molar-refractivity contribution in [1.82, 2.24) is 15.5 Å². The zero-order valence-corrected chi connectivity index (χ0v) is 15.5. The van der Waals surface area contributed by atoms with E-state index >= 15 is 0 Å². The third-order valence-corrected chi connectivity index (χ3v) is 5.13. The van der Waals surface area contributed by atoms with Crippen molar-refractivity contribution in [2.24, 2.45) is 0 Å². The van der Waals surface area contributed by atoms with Crippen molar-refractivity contribution in [3.8, 4) is 11.3 Å². The van der Waals surface area contributed by atoms with Gasteiger partial charge in [-0.1, -0.05) is 39.8 Å². The lowest BCUT2D eigenvalue weighted by Gasteiger charge is -2.10. The zero-order valence-electron chi connectivity index (χ0n) is 13.1. The first-order valence-corrected chi connectivity index (χ1v) is 9.59. The molecule has 1 aromatic carbocycles. The molecule has 0 spiro atoms. The maximum atomic E-state index is 11.9. The molecule has 1 atom stereocenters. The Bertz CT molecular complexity index is 673. The Kier molecular flexibility index (Phi) is 6.23. The van der Waals surface area contributed by atoms with Crippen molar-refractivity contribution in [2.75, 3.05) is 18.9 Å². The van der Waals surface area contributed by atoms with E-state index in [-0.39, 0.29) is 12.0 Å². The summed E-state index contributed by atoms with van der Waals surface area (Å²) in [5.74, 6) is 0.327. The number of rotatable bonds is 6. The van der Waals surface area contributed by atoms with Gasteiger partial charge >= 0.3 is 0 Å². The van der Waals surface area contributed by atoms with Crippen molar-refractivity contribution in [1.29, 1.82) is 0 Å². The number of carbonyl (C=O) groups excluding carboxylic acids is 1. The van der Waals surface area contributed by atoms with Gasteiger partial charge in [-0.3, -0.25) is 4.79 Å². The highest BCUT2D eigenvalue weighted by Crippen LogP contribution is 2.21. The predicted molar refractivity (Wildman–Crippen MR) is 97.9 cm³/mol. The third-order valence-electron chi connectivity index (χ3n) is 3.68. The van der Waals surface area contributed by atoms with E-state index in [0.29, 0.717) is 12.3 Å². The summed E-state index contributed by atoms with van der Waals surface area (Å²) in [5, 5.41) is 12.1. The summed E-state index contributed by atoms with van der Waals surface area (Å²) in [6, 6.07) is 11.7. The number of nitrogens with zero attached hydrogens (tertiary/aromatic N) is 2. The molecule has 24 heavy (non-hydrogen) atoms. The van der Waals surface area contributed by atoms with Gasteiger partial charge in [0.05, 0.1) is 17.6 Å². The SMILES string of the molecule is O=C(CSc1ccc(-c2ccc(Br)cc2)nn1)NC[C@@H]1CCCO1. The van der Waals surface area contributed by atoms with E-state index in [9.17, 15) is 4.79 Å². The van der Waals surface area contributed by atoms with Crippen LogP contribution in [0.3, 0.4) is 0 Å². The number of carbonyl (C=O) groups is 1. The van der Waals surface area contributed by atoms with Crippen LogP contribution in [-0.2, 0) is 9.53 Å². The van der Waals surface area contributed by atoms with Crippen molar-refractivity contribution >= 4 is 33.6 Å². The van der Waals surface area contributed by atoms with Crippen molar-refractivity contribution in [3.05, 3.63) is 40.9 Å². The third kappa shape index (κ3) is 5.03. The van der Waals surface area contributed by atoms with Crippen LogP contribution in [0.25, 0.3) is 11.3 Å². The summed E-state index contributed by atoms with van der Waals surface area (Å²) in [5.41, 5.74) is 1.83. The number of halogens is 1. The van der Waals surface area contributed by atoms with Crippen molar-refractivity contribution < 1.29 is 9.53 Å². The molecule has 0 unspecified atom stereocenters. The molecular weight excluding hydrogens is 390 g/mol. The second-order valence-corrected chi connectivity index (χ2v) is 7.40. The van der Waals surface area contributed by atoms with Gasteiger partial charge in [0.1, 0.15) is 5.03 Å². The molecule has 5 nitrogen and oxygen atoms in total. The fourth-order valence-electron chi connectivity index (χ4n) is 2.40. The largest absolute Gasteiger partial charge is 0.376 e. The molecule has 0 aliphatic carbocycles. The van der Waals surface area contributed by atoms with Gasteiger partial charge in [-0.05, 0) is 37.1 Å². The van der Waals surface area contributed by atoms with E-state index in [4.69, 9.17) is 4.74 Å². The zero-order chi connectivity index (χ0) is 16.8. The summed E-state index contributed by atoms with van der Waals surface area (Å²) < 4.78 is 6.51. The van der Waals surface area contributed by atoms with Crippen LogP contribution in [0.4, 0.5) is 0 Å². The maximum absolute atomic E-state index is 11.9. The lowest BCUT2D eigenvalue weighted by atomic mass is 10.1. The van der Waals surface area contributed by atoms with Gasteiger partial charge in [-0.2, -0.15) is 0 Å². The lowest BCUT2D eigenvalue weighted by molar-refractivity contribution is -0.119. The van der Waals surface area contributed by atoms with Crippen LogP contribution in [0.2, 0.25) is 0 Å². The summed E-state index contributed by atoms with van der Waals surface area (Å²) in [6.07, 6.45) is 2.27. The topological polar surface area (TPSA) is 64.1 Å². The number of benzene rings is 1. The molecule has 2 aromatic rings. The summed E-state index contributed by atoms with van der Waals surface area (Å²) in [7, 11) is 0. The first-order chi connectivity index (χ1) is 11.7. The van der Waals surface area contributed by atoms with Gasteiger partial charge in [0.15, 0.2) is 0 Å². The Labute approximate surface area is 153 Å². The molecule has 1 aliphatic heterocycles. The van der Waals surface area contributed by atoms with Crippen LogP contribution in [0.1, 0.15) is 12.8 Å². The molecule has 1 saturated heterocycles. The normalized spacial score (nSPS) is 17.0. The number of aromatic nitrogens is 2. The molecule has 0 saturated carbocycles. The molecule has 2 heterocycles. The van der Waals surface area contributed by atoms with Gasteiger partial charge in [-0.15, -0.1) is 10.2 Å². The minimum Gasteiger partial charge on any atom is -0.376 e. The molecule has 3 rings (SSSR count). The molecule has 7 heteroatoms. The van der Waals surface area contributed by atoms with E-state index < -0.39 is 0 Å². The van der Waals surface area contributed by atoms with Crippen LogP contribution < -0.4 is 5.32 Å². The second kappa shape index (κ2) is 8.60. The minimum atomic E-state index is -0.00529. The quantitative estimate of drug-likeness (QED) is 0.744. The minimum absolute atomic E-state index is 0.00529. The number of amides is 1. The van der Waals surface area contributed by atoms with Crippen LogP contribution in [0.5, 0.6) is 0 Å². The Morgan fingerprint density at radius 2 is 2.08 bits per heavy atom. The van der Waals surface area contributed by atoms with Crippen LogP contribution in [0.15, 0.2) is 45.9 Å². The molecule has 0 radical (unpaired) electrons. The van der Waals surface area contributed by atoms with E-state index in [2.05, 4.69) is 31.4 Å². The van der Waals surface area contributed by atoms with E-state index in [1.54, 1.807) is 0 Å². The van der Waals surface area contributed by atoms with E-state index in [1.807, 2.05) is 36.4 Å². The van der Waals surface area contributed by atoms with Crippen LogP contribution in [0, 0.1) is 0 Å². The Morgan fingerprint density at radius 1 is 1.25 bits per heavy atom. The Hall–Kier alpha value is -1.44. The number of thioether (sulfide) groups is 1. The smallest absolute Gasteiger partial charge is 0.230 e. The highest BCUT2D eigenvalue weighted by Gasteiger charge is 2.16. The summed E-state index contributed by atoms with van der Waals surface area (Å²) >= 11 is 4.80. The Balaban J connectivity index is 1.47. The molecular formula is C17H18BrN3O2S. The molecule has 126 valence electrons. The van der Waals surface area contributed by atoms with Gasteiger partial charge in [0.2, 0.25) is 5.91 Å². The number of ether oxygens (including phenoxy) is 1. The van der Waals surface area contributed by atoms with Gasteiger partial charge in [-0.25, -0.2) is 0 Å². The van der Waals surface area contributed by atoms with Gasteiger partial charge < -0.3 is 10.1 Å². The van der Waals surface area contributed by atoms with Gasteiger partial charge in [0.25, 0.3) is 0 Å². The highest BCUT2D eigenvalue weighted by atomic mass is 79.9. The molecule has 1 amide bonds. The monoisotopic (exact) mass is 407 g/mol. The predicted octanol–water partition coefficient (Wildman–Crippen LogP) is 3.29. The molecule has 1 aromatic heterocycles. The summed E-state index contributed by atoms with van der Waals surface area (Å²) in [4.78, 5) is 11.9. The average Bonchev–Trinajstić information content (AvgIpc) is 3.13. The van der Waals surface area contributed by atoms with Crippen LogP contribution >= 0.6 is 27.7 Å². The lowest BCUT2D eigenvalue weighted by Crippen LogP contribution is -2.32. The van der Waals surface area contributed by atoms with E-state index in [1.165, 1.54) is 11.8 Å². The first kappa shape index (κ1) is 17.4. The van der Waals surface area contributed by atoms with E-state index in [0.717, 1.165) is 40.2 Å². The van der Waals surface area contributed by atoms with Crippen molar-refractivity contribution in [2.45, 2.75) is 24.0 Å². The summed E-state index contributed by atoms with van der Waals surface area (Å²) in [6.45, 7) is 1.39. The number of hydrogen-bond donors (Lipinski definition) is 1. The molecule has 1 aliphatic rings. The standard InChI is InChI=1S/C17H18BrN3O2S/c18-13-5-3-12(4-6-13)15-7-8-17(21-20-15)24-11-16(22)19-10-14-2-1-9-23-14/h3-8,14H,1-2,9-11H2,(H,19,22)/t14-/m0/s1. The van der Waals surface area contributed by atoms with Crippen molar-refractivity contribution in [3.63, 3.8) is 0 Å². The van der Waals surface area contributed by atoms with Crippen LogP contribution in [-0.4, -0.2) is 41.1 Å². The highest BCUT2D eigenvalue weighted by molar-refractivity contribution is 9.10. The second-order valence-electron chi connectivity index (χ2n) is 5.49. The maximum Gasteiger partial charge on any atom is 0.230 e. The first-order valence-electron chi connectivity index (χ1n) is 7.81. The Morgan fingerprint density at radius 3 is 2.75 bits per heavy atom.